The van der Waals surface area contributed by atoms with Crippen LogP contribution in [0.3, 0.4) is 0 Å². The van der Waals surface area contributed by atoms with Crippen LogP contribution in [-0.4, -0.2) is 9.55 Å². The van der Waals surface area contributed by atoms with Crippen molar-refractivity contribution < 1.29 is 0 Å². The zero-order valence-electron chi connectivity index (χ0n) is 13.3. The summed E-state index contributed by atoms with van der Waals surface area (Å²) in [6.07, 6.45) is 5.86. The van der Waals surface area contributed by atoms with Crippen LogP contribution in [0.15, 0.2) is 71.7 Å². The van der Waals surface area contributed by atoms with Gasteiger partial charge in [0.05, 0.1) is 11.0 Å². The summed E-state index contributed by atoms with van der Waals surface area (Å²) in [4.78, 5) is 16.6. The molecular formula is C21H16N2O. The number of hydrogen-bond acceptors (Lipinski definition) is 2. The second kappa shape index (κ2) is 5.78. The number of aromatic nitrogens is 2. The van der Waals surface area contributed by atoms with E-state index >= 15 is 0 Å². The standard InChI is InChI=1S/C21H16N2O/c1-23-20-9-5-3-7-18(20)16(14-21(23)24)11-10-15-12-13-22-19-8-4-2-6-17(15)19/h2-14H,1H3/b11-10+. The maximum atomic E-state index is 12.2. The molecule has 0 unspecified atom stereocenters. The summed E-state index contributed by atoms with van der Waals surface area (Å²) in [5.74, 6) is 0. The Labute approximate surface area is 139 Å². The number of nitrogens with zero attached hydrogens (tertiary/aromatic N) is 2. The van der Waals surface area contributed by atoms with Gasteiger partial charge in [0.25, 0.3) is 5.56 Å². The van der Waals surface area contributed by atoms with Crippen LogP contribution in [0.2, 0.25) is 0 Å². The molecule has 2 heterocycles. The van der Waals surface area contributed by atoms with Gasteiger partial charge in [-0.15, -0.1) is 0 Å². The highest BCUT2D eigenvalue weighted by atomic mass is 16.1. The first-order valence-corrected chi connectivity index (χ1v) is 7.85. The van der Waals surface area contributed by atoms with Gasteiger partial charge in [-0.05, 0) is 29.3 Å². The maximum Gasteiger partial charge on any atom is 0.251 e. The molecular weight excluding hydrogens is 296 g/mol. The highest BCUT2D eigenvalue weighted by molar-refractivity contribution is 5.94. The smallest absolute Gasteiger partial charge is 0.251 e. The predicted molar refractivity (Wildman–Crippen MR) is 99.9 cm³/mol. The van der Waals surface area contributed by atoms with E-state index in [0.29, 0.717) is 0 Å². The van der Waals surface area contributed by atoms with Crippen molar-refractivity contribution >= 4 is 34.0 Å². The van der Waals surface area contributed by atoms with Gasteiger partial charge < -0.3 is 4.57 Å². The first kappa shape index (κ1) is 14.4. The Kier molecular flexibility index (Phi) is 3.47. The SMILES string of the molecule is Cn1c(=O)cc(/C=C/c2ccnc3ccccc23)c2ccccc21. The molecule has 0 aliphatic rings. The lowest BCUT2D eigenvalue weighted by atomic mass is 10.0. The van der Waals surface area contributed by atoms with Crippen LogP contribution in [0.1, 0.15) is 11.1 Å². The van der Waals surface area contributed by atoms with Gasteiger partial charge in [-0.3, -0.25) is 9.78 Å². The van der Waals surface area contributed by atoms with Gasteiger partial charge in [0, 0.05) is 30.1 Å². The van der Waals surface area contributed by atoms with E-state index in [1.807, 2.05) is 66.9 Å². The number of pyridine rings is 2. The summed E-state index contributed by atoms with van der Waals surface area (Å²) in [5, 5.41) is 2.17. The third-order valence-electron chi connectivity index (χ3n) is 4.31. The second-order valence-corrected chi connectivity index (χ2v) is 5.76. The normalized spacial score (nSPS) is 11.5. The summed E-state index contributed by atoms with van der Waals surface area (Å²) < 4.78 is 1.68. The fourth-order valence-corrected chi connectivity index (χ4v) is 3.02. The molecule has 2 aromatic carbocycles. The van der Waals surface area contributed by atoms with Crippen LogP contribution in [0.5, 0.6) is 0 Å². The Bertz CT molecular complexity index is 1130. The zero-order valence-corrected chi connectivity index (χ0v) is 13.3. The number of fused-ring (bicyclic) bond motifs is 2. The molecule has 0 spiro atoms. The topological polar surface area (TPSA) is 34.9 Å². The molecule has 2 aromatic heterocycles. The third-order valence-corrected chi connectivity index (χ3v) is 4.31. The summed E-state index contributed by atoms with van der Waals surface area (Å²) in [5.41, 5.74) is 3.91. The van der Waals surface area contributed by atoms with Crippen molar-refractivity contribution in [2.24, 2.45) is 7.05 Å². The number of hydrogen-bond donors (Lipinski definition) is 0. The van der Waals surface area contributed by atoms with Gasteiger partial charge in [0.15, 0.2) is 0 Å². The van der Waals surface area contributed by atoms with Gasteiger partial charge >= 0.3 is 0 Å². The lowest BCUT2D eigenvalue weighted by Gasteiger charge is -2.07. The molecule has 3 nitrogen and oxygen atoms in total. The lowest BCUT2D eigenvalue weighted by Crippen LogP contribution is -2.16. The Morgan fingerprint density at radius 3 is 2.46 bits per heavy atom. The van der Waals surface area contributed by atoms with Crippen LogP contribution >= 0.6 is 0 Å². The summed E-state index contributed by atoms with van der Waals surface area (Å²) in [6, 6.07) is 19.7. The molecule has 0 fully saturated rings. The van der Waals surface area contributed by atoms with Crippen molar-refractivity contribution in [1.29, 1.82) is 0 Å². The number of benzene rings is 2. The minimum atomic E-state index is -0.00654. The fourth-order valence-electron chi connectivity index (χ4n) is 3.02. The molecule has 0 N–H and O–H groups in total. The van der Waals surface area contributed by atoms with Crippen molar-refractivity contribution in [1.82, 2.24) is 9.55 Å². The molecule has 4 aromatic rings. The molecule has 0 aliphatic heterocycles. The molecule has 0 saturated heterocycles. The summed E-state index contributed by atoms with van der Waals surface area (Å²) in [7, 11) is 1.80. The Balaban J connectivity index is 1.89. The number of rotatable bonds is 2. The highest BCUT2D eigenvalue weighted by Crippen LogP contribution is 2.21. The molecule has 0 aliphatic carbocycles. The van der Waals surface area contributed by atoms with E-state index in [4.69, 9.17) is 0 Å². The average molecular weight is 312 g/mol. The van der Waals surface area contributed by atoms with Crippen LogP contribution in [-0.2, 0) is 7.05 Å². The number of aryl methyl sites for hydroxylation is 1. The van der Waals surface area contributed by atoms with Gasteiger partial charge in [-0.1, -0.05) is 48.6 Å². The average Bonchev–Trinajstić information content (AvgIpc) is 2.63. The minimum absolute atomic E-state index is 0.00654. The van der Waals surface area contributed by atoms with Crippen molar-refractivity contribution in [3.8, 4) is 0 Å². The van der Waals surface area contributed by atoms with E-state index in [1.54, 1.807) is 17.7 Å². The van der Waals surface area contributed by atoms with E-state index in [-0.39, 0.29) is 5.56 Å². The van der Waals surface area contributed by atoms with E-state index in [1.165, 1.54) is 0 Å². The van der Waals surface area contributed by atoms with Gasteiger partial charge in [-0.25, -0.2) is 0 Å². The molecule has 0 atom stereocenters. The van der Waals surface area contributed by atoms with Crippen molar-refractivity contribution in [2.75, 3.05) is 0 Å². The Hall–Kier alpha value is -3.20. The molecule has 4 rings (SSSR count). The van der Waals surface area contributed by atoms with Crippen molar-refractivity contribution in [3.63, 3.8) is 0 Å². The largest absolute Gasteiger partial charge is 0.311 e. The first-order chi connectivity index (χ1) is 11.7. The molecule has 3 heteroatoms. The highest BCUT2D eigenvalue weighted by Gasteiger charge is 2.04. The molecule has 0 amide bonds. The zero-order chi connectivity index (χ0) is 16.5. The van der Waals surface area contributed by atoms with Crippen LogP contribution in [0, 0.1) is 0 Å². The monoisotopic (exact) mass is 312 g/mol. The van der Waals surface area contributed by atoms with Gasteiger partial charge in [-0.2, -0.15) is 0 Å². The second-order valence-electron chi connectivity index (χ2n) is 5.76. The Morgan fingerprint density at radius 1 is 0.875 bits per heavy atom. The molecule has 0 saturated carbocycles. The van der Waals surface area contributed by atoms with Crippen LogP contribution in [0.4, 0.5) is 0 Å². The van der Waals surface area contributed by atoms with Crippen molar-refractivity contribution in [3.05, 3.63) is 88.3 Å². The number of para-hydroxylation sites is 2. The third kappa shape index (κ3) is 2.40. The van der Waals surface area contributed by atoms with Gasteiger partial charge in [0.2, 0.25) is 0 Å². The van der Waals surface area contributed by atoms with E-state index < -0.39 is 0 Å². The van der Waals surface area contributed by atoms with E-state index in [2.05, 4.69) is 11.1 Å². The summed E-state index contributed by atoms with van der Waals surface area (Å²) >= 11 is 0. The van der Waals surface area contributed by atoms with Crippen molar-refractivity contribution in [2.45, 2.75) is 0 Å². The van der Waals surface area contributed by atoms with Crippen LogP contribution < -0.4 is 5.56 Å². The van der Waals surface area contributed by atoms with Crippen LogP contribution in [0.25, 0.3) is 34.0 Å². The quantitative estimate of drug-likeness (QED) is 0.554. The van der Waals surface area contributed by atoms with Gasteiger partial charge in [0.1, 0.15) is 0 Å². The Morgan fingerprint density at radius 2 is 1.58 bits per heavy atom. The first-order valence-electron chi connectivity index (χ1n) is 7.85. The molecule has 116 valence electrons. The maximum absolute atomic E-state index is 12.2. The lowest BCUT2D eigenvalue weighted by molar-refractivity contribution is 0.905. The van der Waals surface area contributed by atoms with E-state index in [0.717, 1.165) is 32.9 Å². The molecule has 0 bridgehead atoms. The summed E-state index contributed by atoms with van der Waals surface area (Å²) in [6.45, 7) is 0. The molecule has 24 heavy (non-hydrogen) atoms. The van der Waals surface area contributed by atoms with E-state index in [9.17, 15) is 4.79 Å². The molecule has 0 radical (unpaired) electrons. The predicted octanol–water partition coefficient (Wildman–Crippen LogP) is 4.26. The fraction of sp³-hybridized carbons (Fsp3) is 0.0476. The minimum Gasteiger partial charge on any atom is -0.311 e.